The summed E-state index contributed by atoms with van der Waals surface area (Å²) >= 11 is 0. The molecule has 1 aromatic carbocycles. The molecule has 0 fully saturated rings. The average Bonchev–Trinajstić information content (AvgIpc) is 3.05. The van der Waals surface area contributed by atoms with Gasteiger partial charge in [-0.2, -0.15) is 0 Å². The topological polar surface area (TPSA) is 59.8 Å². The molecule has 132 valence electrons. The van der Waals surface area contributed by atoms with Crippen molar-refractivity contribution in [1.29, 1.82) is 0 Å². The van der Waals surface area contributed by atoms with Crippen molar-refractivity contribution in [2.24, 2.45) is 0 Å². The molecular weight excluding hydrogens is 324 g/mol. The number of carbonyl (C=O) groups excluding carboxylic acids is 1. The summed E-state index contributed by atoms with van der Waals surface area (Å²) < 4.78 is 2.17. The zero-order valence-electron chi connectivity index (χ0n) is 14.7. The van der Waals surface area contributed by atoms with Crippen molar-refractivity contribution < 1.29 is 4.79 Å². The summed E-state index contributed by atoms with van der Waals surface area (Å²) in [6.07, 6.45) is 8.22. The van der Waals surface area contributed by atoms with E-state index in [2.05, 4.69) is 32.0 Å². The second-order valence-corrected chi connectivity index (χ2v) is 6.74. The third-order valence-corrected chi connectivity index (χ3v) is 4.64. The monoisotopic (exact) mass is 346 g/mol. The molecule has 4 rings (SSSR count). The van der Waals surface area contributed by atoms with Crippen LogP contribution in [0.3, 0.4) is 0 Å². The Labute approximate surface area is 153 Å². The number of carbonyl (C=O) groups is 1. The van der Waals surface area contributed by atoms with E-state index in [1.165, 1.54) is 18.4 Å². The van der Waals surface area contributed by atoms with Gasteiger partial charge in [-0.25, -0.2) is 9.97 Å². The number of nitrogens with zero attached hydrogens (tertiary/aromatic N) is 3. The lowest BCUT2D eigenvalue weighted by Gasteiger charge is -2.11. The second-order valence-electron chi connectivity index (χ2n) is 6.74. The Bertz CT molecular complexity index is 878. The molecule has 5 nitrogen and oxygen atoms in total. The number of pyridine rings is 1. The van der Waals surface area contributed by atoms with Crippen LogP contribution in [0, 0.1) is 0 Å². The smallest absolute Gasteiger partial charge is 0.231 e. The van der Waals surface area contributed by atoms with Crippen LogP contribution in [0.25, 0.3) is 0 Å². The van der Waals surface area contributed by atoms with Gasteiger partial charge in [-0.1, -0.05) is 30.3 Å². The van der Waals surface area contributed by atoms with Gasteiger partial charge in [-0.15, -0.1) is 0 Å². The first kappa shape index (κ1) is 16.5. The predicted octanol–water partition coefficient (Wildman–Crippen LogP) is 3.39. The number of hydrogen-bond acceptors (Lipinski definition) is 3. The van der Waals surface area contributed by atoms with Crippen LogP contribution in [0.1, 0.15) is 35.5 Å². The predicted molar refractivity (Wildman–Crippen MR) is 101 cm³/mol. The van der Waals surface area contributed by atoms with Crippen LogP contribution >= 0.6 is 0 Å². The molecule has 0 saturated carbocycles. The number of nitrogens with one attached hydrogen (secondary N) is 1. The summed E-state index contributed by atoms with van der Waals surface area (Å²) in [5.41, 5.74) is 3.19. The van der Waals surface area contributed by atoms with Gasteiger partial charge in [0.1, 0.15) is 11.6 Å². The van der Waals surface area contributed by atoms with Gasteiger partial charge >= 0.3 is 0 Å². The molecule has 0 spiro atoms. The molecule has 1 aliphatic rings. The minimum Gasteiger partial charge on any atom is -0.335 e. The number of benzene rings is 1. The van der Waals surface area contributed by atoms with E-state index in [9.17, 15) is 4.79 Å². The first-order chi connectivity index (χ1) is 12.8. The molecule has 3 aromatic rings. The summed E-state index contributed by atoms with van der Waals surface area (Å²) in [5, 5.41) is 2.90. The third-order valence-electron chi connectivity index (χ3n) is 4.64. The Morgan fingerprint density at radius 1 is 1.12 bits per heavy atom. The number of amides is 1. The maximum atomic E-state index is 12.4. The average molecular weight is 346 g/mol. The van der Waals surface area contributed by atoms with Crippen molar-refractivity contribution in [3.63, 3.8) is 0 Å². The zero-order chi connectivity index (χ0) is 17.8. The molecule has 1 amide bonds. The maximum Gasteiger partial charge on any atom is 0.231 e. The molecule has 2 aromatic heterocycles. The SMILES string of the molecule is O=C(Cc1cn2c(n1)CCCC2)Nc1cc(Cc2ccccc2)ccn1. The number of hydrogen-bond donors (Lipinski definition) is 1. The molecule has 0 saturated heterocycles. The molecule has 5 heteroatoms. The lowest BCUT2D eigenvalue weighted by molar-refractivity contribution is -0.115. The number of fused-ring (bicyclic) bond motifs is 1. The minimum absolute atomic E-state index is 0.0789. The maximum absolute atomic E-state index is 12.4. The first-order valence-corrected chi connectivity index (χ1v) is 9.10. The number of imidazole rings is 1. The van der Waals surface area contributed by atoms with Gasteiger partial charge in [0.25, 0.3) is 0 Å². The van der Waals surface area contributed by atoms with Crippen LogP contribution in [-0.2, 0) is 30.6 Å². The number of aryl methyl sites for hydroxylation is 2. The Kier molecular flexibility index (Phi) is 4.78. The van der Waals surface area contributed by atoms with E-state index in [-0.39, 0.29) is 12.3 Å². The summed E-state index contributed by atoms with van der Waals surface area (Å²) in [4.78, 5) is 21.2. The summed E-state index contributed by atoms with van der Waals surface area (Å²) in [6.45, 7) is 1.01. The van der Waals surface area contributed by atoms with Crippen molar-refractivity contribution in [1.82, 2.24) is 14.5 Å². The molecular formula is C21H22N4O. The van der Waals surface area contributed by atoms with Gasteiger partial charge < -0.3 is 9.88 Å². The van der Waals surface area contributed by atoms with Crippen LogP contribution in [0.5, 0.6) is 0 Å². The fourth-order valence-corrected chi connectivity index (χ4v) is 3.39. The highest BCUT2D eigenvalue weighted by Gasteiger charge is 2.14. The number of rotatable bonds is 5. The van der Waals surface area contributed by atoms with Crippen molar-refractivity contribution in [3.8, 4) is 0 Å². The van der Waals surface area contributed by atoms with E-state index in [0.29, 0.717) is 5.82 Å². The van der Waals surface area contributed by atoms with Crippen LogP contribution in [0.4, 0.5) is 5.82 Å². The van der Waals surface area contributed by atoms with Crippen LogP contribution in [-0.4, -0.2) is 20.4 Å². The highest BCUT2D eigenvalue weighted by molar-refractivity contribution is 5.91. The van der Waals surface area contributed by atoms with E-state index in [0.717, 1.165) is 36.5 Å². The highest BCUT2D eigenvalue weighted by atomic mass is 16.1. The van der Waals surface area contributed by atoms with Gasteiger partial charge in [0.15, 0.2) is 0 Å². The van der Waals surface area contributed by atoms with Crippen LogP contribution in [0.15, 0.2) is 54.9 Å². The quantitative estimate of drug-likeness (QED) is 0.770. The molecule has 1 N–H and O–H groups in total. The molecule has 1 aliphatic heterocycles. The zero-order valence-corrected chi connectivity index (χ0v) is 14.7. The normalized spacial score (nSPS) is 13.2. The molecule has 26 heavy (non-hydrogen) atoms. The van der Waals surface area contributed by atoms with Gasteiger partial charge in [-0.05, 0) is 42.5 Å². The highest BCUT2D eigenvalue weighted by Crippen LogP contribution is 2.16. The lowest BCUT2D eigenvalue weighted by atomic mass is 10.1. The minimum atomic E-state index is -0.0789. The van der Waals surface area contributed by atoms with Crippen molar-refractivity contribution in [2.75, 3.05) is 5.32 Å². The molecule has 0 radical (unpaired) electrons. The van der Waals surface area contributed by atoms with Crippen molar-refractivity contribution in [2.45, 2.75) is 38.6 Å². The van der Waals surface area contributed by atoms with Crippen molar-refractivity contribution >= 4 is 11.7 Å². The van der Waals surface area contributed by atoms with E-state index in [1.54, 1.807) is 6.20 Å². The Morgan fingerprint density at radius 2 is 2.00 bits per heavy atom. The van der Waals surface area contributed by atoms with Crippen LogP contribution < -0.4 is 5.32 Å². The molecule has 0 bridgehead atoms. The third kappa shape index (κ3) is 3.99. The van der Waals surface area contributed by atoms with E-state index in [4.69, 9.17) is 0 Å². The van der Waals surface area contributed by atoms with Gasteiger partial charge in [0.05, 0.1) is 12.1 Å². The van der Waals surface area contributed by atoms with Gasteiger partial charge in [-0.3, -0.25) is 4.79 Å². The summed E-state index contributed by atoms with van der Waals surface area (Å²) in [7, 11) is 0. The van der Waals surface area contributed by atoms with E-state index in [1.807, 2.05) is 36.5 Å². The first-order valence-electron chi connectivity index (χ1n) is 9.10. The molecule has 3 heterocycles. The van der Waals surface area contributed by atoms with Crippen molar-refractivity contribution in [3.05, 3.63) is 77.5 Å². The fraction of sp³-hybridized carbons (Fsp3) is 0.286. The molecule has 0 aliphatic carbocycles. The lowest BCUT2D eigenvalue weighted by Crippen LogP contribution is -2.15. The molecule has 0 atom stereocenters. The Morgan fingerprint density at radius 3 is 2.85 bits per heavy atom. The standard InChI is InChI=1S/C21H22N4O/c26-21(14-18-15-25-11-5-4-8-20(25)23-18)24-19-13-17(9-10-22-19)12-16-6-2-1-3-7-16/h1-3,6-7,9-10,13,15H,4-5,8,11-12,14H2,(H,22,24,26). The van der Waals surface area contributed by atoms with E-state index >= 15 is 0 Å². The second kappa shape index (κ2) is 7.52. The number of anilines is 1. The van der Waals surface area contributed by atoms with E-state index < -0.39 is 0 Å². The molecule has 0 unspecified atom stereocenters. The Balaban J connectivity index is 1.39. The van der Waals surface area contributed by atoms with Gasteiger partial charge in [0, 0.05) is 25.4 Å². The van der Waals surface area contributed by atoms with Gasteiger partial charge in [0.2, 0.25) is 5.91 Å². The summed E-state index contributed by atoms with van der Waals surface area (Å²) in [5.74, 6) is 1.61. The number of aromatic nitrogens is 3. The van der Waals surface area contributed by atoms with Crippen LogP contribution in [0.2, 0.25) is 0 Å². The fourth-order valence-electron chi connectivity index (χ4n) is 3.39. The summed E-state index contributed by atoms with van der Waals surface area (Å²) in [6, 6.07) is 14.2. The Hall–Kier alpha value is -2.95. The largest absolute Gasteiger partial charge is 0.335 e.